The summed E-state index contributed by atoms with van der Waals surface area (Å²) in [5.41, 5.74) is -1.27. The number of nitrogens with one attached hydrogen (secondary N) is 2. The highest BCUT2D eigenvalue weighted by Crippen LogP contribution is 2.48. The van der Waals surface area contributed by atoms with Crippen molar-refractivity contribution in [2.75, 3.05) is 11.9 Å². The molecule has 3 aliphatic rings. The van der Waals surface area contributed by atoms with Crippen molar-refractivity contribution in [3.63, 3.8) is 0 Å². The normalized spacial score (nSPS) is 35.1. The monoisotopic (exact) mass is 408 g/mol. The third-order valence-electron chi connectivity index (χ3n) is 5.86. The number of alkyl carbamates (subject to hydrolysis) is 1. The highest BCUT2D eigenvalue weighted by atomic mass is 32.2. The number of carbonyl (C=O) groups excluding carboxylic acids is 1. The number of amidine groups is 1. The van der Waals surface area contributed by atoms with Crippen LogP contribution in [0.3, 0.4) is 0 Å². The molecule has 2 N–H and O–H groups in total. The van der Waals surface area contributed by atoms with E-state index in [4.69, 9.17) is 9.73 Å². The van der Waals surface area contributed by atoms with Crippen LogP contribution in [0.1, 0.15) is 46.6 Å². The summed E-state index contributed by atoms with van der Waals surface area (Å²) in [5.74, 6) is -0.233. The van der Waals surface area contributed by atoms with Gasteiger partial charge in [-0.05, 0) is 59.2 Å². The Morgan fingerprint density at radius 1 is 1.25 bits per heavy atom. The number of nitrogens with zero attached hydrogens (tertiary/aromatic N) is 2. The maximum atomic E-state index is 15.0. The molecule has 0 aromatic heterocycles. The van der Waals surface area contributed by atoms with Crippen molar-refractivity contribution in [2.45, 2.75) is 62.3 Å². The number of hydrogen-bond acceptors (Lipinski definition) is 6. The molecule has 1 aromatic rings. The number of anilines is 1. The smallest absolute Gasteiger partial charge is 0.414 e. The number of ether oxygens (including phenoxy) is 1. The molecule has 3 heterocycles. The van der Waals surface area contributed by atoms with Crippen LogP contribution in [0.4, 0.5) is 14.9 Å². The van der Waals surface area contributed by atoms with E-state index in [9.17, 15) is 13.4 Å². The molecular formula is C19H25FN4O3S. The summed E-state index contributed by atoms with van der Waals surface area (Å²) in [6.45, 7) is 9.09. The Morgan fingerprint density at radius 2 is 1.96 bits per heavy atom. The molecule has 0 fully saturated rings. The minimum absolute atomic E-state index is 0.203. The predicted octanol–water partition coefficient (Wildman–Crippen LogP) is 3.36. The molecule has 0 saturated carbocycles. The van der Waals surface area contributed by atoms with Crippen LogP contribution in [0, 0.1) is 5.82 Å². The fourth-order valence-corrected chi connectivity index (χ4v) is 7.56. The summed E-state index contributed by atoms with van der Waals surface area (Å²) in [4.78, 5) is 17.4. The number of benzene rings is 1. The Kier molecular flexibility index (Phi) is 3.89. The van der Waals surface area contributed by atoms with E-state index in [2.05, 4.69) is 15.0 Å². The van der Waals surface area contributed by atoms with E-state index in [0.29, 0.717) is 24.2 Å². The van der Waals surface area contributed by atoms with E-state index in [-0.39, 0.29) is 5.84 Å². The maximum Gasteiger partial charge on any atom is 0.414 e. The molecule has 7 nitrogen and oxygen atoms in total. The van der Waals surface area contributed by atoms with Gasteiger partial charge in [0.2, 0.25) is 0 Å². The van der Waals surface area contributed by atoms with Crippen molar-refractivity contribution in [2.24, 2.45) is 9.36 Å². The van der Waals surface area contributed by atoms with Crippen LogP contribution < -0.4 is 10.6 Å². The average molecular weight is 408 g/mol. The third-order valence-corrected chi connectivity index (χ3v) is 9.55. The molecule has 0 radical (unpaired) electrons. The Morgan fingerprint density at radius 3 is 2.68 bits per heavy atom. The number of cyclic esters (lactones) is 1. The first-order valence-corrected chi connectivity index (χ1v) is 10.9. The van der Waals surface area contributed by atoms with Gasteiger partial charge in [0.15, 0.2) is 5.72 Å². The molecular weight excluding hydrogens is 383 g/mol. The lowest BCUT2D eigenvalue weighted by atomic mass is 9.85. The molecule has 9 heteroatoms. The van der Waals surface area contributed by atoms with E-state index in [1.54, 1.807) is 46.8 Å². The Bertz CT molecular complexity index is 1030. The van der Waals surface area contributed by atoms with Gasteiger partial charge in [-0.15, -0.1) is 0 Å². The van der Waals surface area contributed by atoms with Gasteiger partial charge in [-0.1, -0.05) is 0 Å². The first kappa shape index (κ1) is 19.2. The molecule has 0 aliphatic carbocycles. The van der Waals surface area contributed by atoms with Crippen LogP contribution >= 0.6 is 0 Å². The van der Waals surface area contributed by atoms with Crippen LogP contribution in [0.25, 0.3) is 0 Å². The summed E-state index contributed by atoms with van der Waals surface area (Å²) in [6.07, 6.45) is -0.177. The highest BCUT2D eigenvalue weighted by Gasteiger charge is 2.58. The van der Waals surface area contributed by atoms with Crippen molar-refractivity contribution in [1.29, 1.82) is 0 Å². The Labute approximate surface area is 164 Å². The van der Waals surface area contributed by atoms with E-state index < -0.39 is 42.9 Å². The van der Waals surface area contributed by atoms with Gasteiger partial charge in [-0.2, -0.15) is 0 Å². The molecule has 1 aromatic carbocycles. The van der Waals surface area contributed by atoms with Gasteiger partial charge in [0.25, 0.3) is 0 Å². The standard InChI is InChI=1S/C19H25FN4O3S/c1-17(2)15-22-16(25)27-18(3,4)23-11-6-7-13(20)12(10-11)19(5,24-15)14-8-9-21-28(14,17)26/h6-7,10,14,23H,8-9H2,1-5H3,(H,22,24,25)/t14-,19+,28?/m0/s1. The van der Waals surface area contributed by atoms with Crippen LogP contribution in [0.15, 0.2) is 27.6 Å². The summed E-state index contributed by atoms with van der Waals surface area (Å²) in [7, 11) is -2.83. The molecule has 0 spiro atoms. The second kappa shape index (κ2) is 5.68. The zero-order valence-electron chi connectivity index (χ0n) is 16.6. The second-order valence-corrected chi connectivity index (χ2v) is 11.6. The van der Waals surface area contributed by atoms with Crippen LogP contribution in [0.2, 0.25) is 0 Å². The number of aliphatic imine (C=N–C) groups is 1. The predicted molar refractivity (Wildman–Crippen MR) is 106 cm³/mol. The lowest BCUT2D eigenvalue weighted by molar-refractivity contribution is 0.0625. The summed E-state index contributed by atoms with van der Waals surface area (Å²) >= 11 is 0. The van der Waals surface area contributed by atoms with Gasteiger partial charge < -0.3 is 10.1 Å². The van der Waals surface area contributed by atoms with Crippen molar-refractivity contribution >= 4 is 27.3 Å². The molecule has 4 rings (SSSR count). The minimum atomic E-state index is -2.83. The molecule has 152 valence electrons. The molecule has 0 saturated heterocycles. The summed E-state index contributed by atoms with van der Waals surface area (Å²) in [5, 5.41) is 5.31. The number of rotatable bonds is 0. The number of carbonyl (C=O) groups is 1. The maximum absolute atomic E-state index is 15.0. The van der Waals surface area contributed by atoms with Crippen LogP contribution in [-0.2, 0) is 20.0 Å². The lowest BCUT2D eigenvalue weighted by Gasteiger charge is -2.45. The molecule has 28 heavy (non-hydrogen) atoms. The van der Waals surface area contributed by atoms with Gasteiger partial charge in [0.1, 0.15) is 21.9 Å². The summed E-state index contributed by atoms with van der Waals surface area (Å²) < 4.78 is 38.0. The van der Waals surface area contributed by atoms with Crippen molar-refractivity contribution in [3.05, 3.63) is 29.6 Å². The molecule has 1 unspecified atom stereocenters. The fraction of sp³-hybridized carbons (Fsp3) is 0.579. The number of fused-ring (bicyclic) bond motifs is 6. The van der Waals surface area contributed by atoms with Gasteiger partial charge in [-0.25, -0.2) is 17.8 Å². The van der Waals surface area contributed by atoms with Gasteiger partial charge in [0.05, 0.1) is 15.0 Å². The first-order valence-electron chi connectivity index (χ1n) is 9.29. The van der Waals surface area contributed by atoms with Gasteiger partial charge in [-0.3, -0.25) is 10.3 Å². The van der Waals surface area contributed by atoms with Gasteiger partial charge in [0, 0.05) is 17.8 Å². The third kappa shape index (κ3) is 2.55. The molecule has 4 bridgehead atoms. The van der Waals surface area contributed by atoms with Crippen molar-refractivity contribution in [1.82, 2.24) is 5.32 Å². The first-order chi connectivity index (χ1) is 12.9. The number of hydrogen-bond donors (Lipinski definition) is 2. The quantitative estimate of drug-likeness (QED) is 0.689. The van der Waals surface area contributed by atoms with Crippen LogP contribution in [-0.4, -0.2) is 38.4 Å². The van der Waals surface area contributed by atoms with Crippen molar-refractivity contribution < 1.29 is 18.1 Å². The van der Waals surface area contributed by atoms with Gasteiger partial charge >= 0.3 is 6.09 Å². The Balaban J connectivity index is 2.04. The average Bonchev–Trinajstić information content (AvgIpc) is 2.98. The number of halogens is 1. The van der Waals surface area contributed by atoms with E-state index >= 15 is 0 Å². The molecule has 3 atom stereocenters. The topological polar surface area (TPSA) is 92.1 Å². The lowest BCUT2D eigenvalue weighted by Crippen LogP contribution is -2.60. The fourth-order valence-electron chi connectivity index (χ4n) is 4.37. The highest BCUT2D eigenvalue weighted by molar-refractivity contribution is 7.96. The van der Waals surface area contributed by atoms with E-state index in [0.717, 1.165) is 0 Å². The van der Waals surface area contributed by atoms with Crippen LogP contribution in [0.5, 0.6) is 0 Å². The van der Waals surface area contributed by atoms with Crippen molar-refractivity contribution in [3.8, 4) is 0 Å². The minimum Gasteiger partial charge on any atom is -0.423 e. The number of amides is 1. The summed E-state index contributed by atoms with van der Waals surface area (Å²) in [6, 6.07) is 4.60. The molecule has 1 amide bonds. The SMILES string of the molecule is CC1(C)Nc2ccc(F)c(c2)[C@@]2(C)N=C(NC(=O)O1)C(C)(C)S1(=O)=NCC[C@@H]21. The zero-order chi connectivity index (χ0) is 20.5. The van der Waals surface area contributed by atoms with E-state index in [1.165, 1.54) is 6.07 Å². The largest absolute Gasteiger partial charge is 0.423 e. The second-order valence-electron chi connectivity index (χ2n) is 8.66. The molecule has 3 aliphatic heterocycles. The Hall–Kier alpha value is -2.16. The van der Waals surface area contributed by atoms with E-state index in [1.807, 2.05) is 0 Å². The zero-order valence-corrected chi connectivity index (χ0v) is 17.4.